The van der Waals surface area contributed by atoms with Crippen LogP contribution in [-0.4, -0.2) is 29.7 Å². The van der Waals surface area contributed by atoms with Crippen molar-refractivity contribution >= 4 is 52.3 Å². The fourth-order valence-electron chi connectivity index (χ4n) is 3.54. The third-order valence-electron chi connectivity index (χ3n) is 5.46. The summed E-state index contributed by atoms with van der Waals surface area (Å²) in [6.07, 6.45) is 0. The van der Waals surface area contributed by atoms with Crippen molar-refractivity contribution in [3.63, 3.8) is 0 Å². The summed E-state index contributed by atoms with van der Waals surface area (Å²) in [6, 6.07) is 19.0. The van der Waals surface area contributed by atoms with Crippen LogP contribution in [-0.2, 0) is 16.1 Å². The molecule has 3 aromatic carbocycles. The summed E-state index contributed by atoms with van der Waals surface area (Å²) in [4.78, 5) is 39.6. The van der Waals surface area contributed by atoms with Crippen LogP contribution in [0.2, 0.25) is 5.02 Å². The molecule has 7 nitrogen and oxygen atoms in total. The number of carbonyl (C=O) groups excluding carboxylic acids is 3. The first-order valence-electron chi connectivity index (χ1n) is 10.6. The van der Waals surface area contributed by atoms with Gasteiger partial charge in [-0.25, -0.2) is 0 Å². The van der Waals surface area contributed by atoms with Gasteiger partial charge in [-0.15, -0.1) is 0 Å². The maximum absolute atomic E-state index is 13.0. The molecule has 1 heterocycles. The molecule has 0 saturated heterocycles. The third-order valence-corrected chi connectivity index (χ3v) is 6.11. The van der Waals surface area contributed by atoms with Crippen molar-refractivity contribution in [3.8, 4) is 5.75 Å². The molecule has 1 aliphatic rings. The lowest BCUT2D eigenvalue weighted by Gasteiger charge is -2.16. The molecule has 0 fully saturated rings. The number of hydrogen-bond donors (Lipinski definition) is 2. The van der Waals surface area contributed by atoms with E-state index in [9.17, 15) is 14.4 Å². The highest BCUT2D eigenvalue weighted by Crippen LogP contribution is 2.30. The van der Waals surface area contributed by atoms with E-state index >= 15 is 0 Å². The molecule has 2 N–H and O–H groups in total. The molecule has 3 amide bonds. The van der Waals surface area contributed by atoms with Crippen molar-refractivity contribution in [3.05, 3.63) is 99.2 Å². The van der Waals surface area contributed by atoms with Crippen LogP contribution in [0.1, 0.15) is 21.5 Å². The molecule has 1 aliphatic heterocycles. The van der Waals surface area contributed by atoms with Crippen molar-refractivity contribution in [1.29, 1.82) is 0 Å². The highest BCUT2D eigenvalue weighted by molar-refractivity contribution is 6.48. The fraction of sp³-hybridized carbons (Fsp3) is 0.115. The maximum Gasteiger partial charge on any atom is 0.279 e. The van der Waals surface area contributed by atoms with E-state index in [1.807, 2.05) is 37.3 Å². The first kappa shape index (κ1) is 24.3. The number of anilines is 2. The first-order chi connectivity index (χ1) is 16.8. The molecule has 9 heteroatoms. The van der Waals surface area contributed by atoms with Gasteiger partial charge in [-0.3, -0.25) is 19.3 Å². The van der Waals surface area contributed by atoms with E-state index in [0.717, 1.165) is 16.0 Å². The summed E-state index contributed by atoms with van der Waals surface area (Å²) in [7, 11) is 1.51. The predicted molar refractivity (Wildman–Crippen MR) is 136 cm³/mol. The van der Waals surface area contributed by atoms with Crippen LogP contribution in [0.15, 0.2) is 77.5 Å². The van der Waals surface area contributed by atoms with Gasteiger partial charge in [-0.2, -0.15) is 0 Å². The zero-order valence-electron chi connectivity index (χ0n) is 18.9. The number of aryl methyl sites for hydroxylation is 1. The van der Waals surface area contributed by atoms with E-state index in [1.54, 1.807) is 36.4 Å². The predicted octanol–water partition coefficient (Wildman–Crippen LogP) is 5.34. The minimum Gasteiger partial charge on any atom is -0.495 e. The van der Waals surface area contributed by atoms with E-state index in [1.165, 1.54) is 7.11 Å². The minimum atomic E-state index is -0.578. The Kier molecular flexibility index (Phi) is 7.10. The molecule has 0 aliphatic carbocycles. The number of amides is 3. The van der Waals surface area contributed by atoms with Gasteiger partial charge in [0.25, 0.3) is 17.7 Å². The molecule has 178 valence electrons. The Morgan fingerprint density at radius 3 is 2.40 bits per heavy atom. The highest BCUT2D eigenvalue weighted by atomic mass is 35.5. The normalized spacial score (nSPS) is 13.3. The maximum atomic E-state index is 13.0. The van der Waals surface area contributed by atoms with Gasteiger partial charge in [0.15, 0.2) is 0 Å². The van der Waals surface area contributed by atoms with Gasteiger partial charge < -0.3 is 15.4 Å². The van der Waals surface area contributed by atoms with E-state index < -0.39 is 11.8 Å². The lowest BCUT2D eigenvalue weighted by molar-refractivity contribution is -0.138. The second kappa shape index (κ2) is 10.2. The van der Waals surface area contributed by atoms with Crippen LogP contribution in [0.4, 0.5) is 11.4 Å². The summed E-state index contributed by atoms with van der Waals surface area (Å²) in [5.41, 5.74) is 2.83. The number of nitrogens with one attached hydrogen (secondary N) is 2. The summed E-state index contributed by atoms with van der Waals surface area (Å²) in [5, 5.41) is 5.89. The lowest BCUT2D eigenvalue weighted by Crippen LogP contribution is -2.31. The summed E-state index contributed by atoms with van der Waals surface area (Å²) < 4.78 is 5.12. The van der Waals surface area contributed by atoms with Crippen molar-refractivity contribution in [2.75, 3.05) is 17.7 Å². The van der Waals surface area contributed by atoms with Crippen LogP contribution in [0, 0.1) is 6.92 Å². The van der Waals surface area contributed by atoms with Crippen molar-refractivity contribution in [1.82, 2.24) is 4.90 Å². The minimum absolute atomic E-state index is 0.0322. The van der Waals surface area contributed by atoms with Crippen LogP contribution in [0.3, 0.4) is 0 Å². The van der Waals surface area contributed by atoms with E-state index in [2.05, 4.69) is 10.6 Å². The average molecular weight is 510 g/mol. The monoisotopic (exact) mass is 509 g/mol. The SMILES string of the molecule is COc1ccc(NC(=O)c2ccc(C)c(NC3=C(Cl)C(=O)N(Cc4ccccc4)C3=O)c2)cc1Cl. The molecule has 0 saturated carbocycles. The zero-order valence-corrected chi connectivity index (χ0v) is 20.4. The topological polar surface area (TPSA) is 87.7 Å². The number of hydrogen-bond acceptors (Lipinski definition) is 5. The van der Waals surface area contributed by atoms with Crippen molar-refractivity contribution in [2.24, 2.45) is 0 Å². The number of halogens is 2. The fourth-order valence-corrected chi connectivity index (χ4v) is 4.03. The Labute approximate surface area is 212 Å². The molecule has 35 heavy (non-hydrogen) atoms. The number of ether oxygens (including phenoxy) is 1. The number of imide groups is 1. The Balaban J connectivity index is 1.53. The number of nitrogens with zero attached hydrogens (tertiary/aromatic N) is 1. The molecule has 0 unspecified atom stereocenters. The van der Waals surface area contributed by atoms with E-state index in [0.29, 0.717) is 27.7 Å². The van der Waals surface area contributed by atoms with Gasteiger partial charge >= 0.3 is 0 Å². The largest absolute Gasteiger partial charge is 0.495 e. The summed E-state index contributed by atoms with van der Waals surface area (Å²) in [5.74, 6) is -1.00. The molecule has 3 aromatic rings. The number of carbonyl (C=O) groups is 3. The quantitative estimate of drug-likeness (QED) is 0.419. The second-order valence-corrected chi connectivity index (χ2v) is 8.61. The van der Waals surface area contributed by atoms with Crippen molar-refractivity contribution < 1.29 is 19.1 Å². The summed E-state index contributed by atoms with van der Waals surface area (Å²) >= 11 is 12.4. The first-order valence-corrected chi connectivity index (χ1v) is 11.4. The standard InChI is InChI=1S/C26H21Cl2N3O4/c1-15-8-9-17(24(32)29-18-10-11-21(35-2)19(27)13-18)12-20(15)30-23-22(28)25(33)31(26(23)34)14-16-6-4-3-5-7-16/h3-13,30H,14H2,1-2H3,(H,29,32). The van der Waals surface area contributed by atoms with Crippen molar-refractivity contribution in [2.45, 2.75) is 13.5 Å². The molecule has 0 atom stereocenters. The Hall–Kier alpha value is -3.81. The summed E-state index contributed by atoms with van der Waals surface area (Å²) in [6.45, 7) is 1.91. The highest BCUT2D eigenvalue weighted by Gasteiger charge is 2.38. The van der Waals surface area contributed by atoms with Gasteiger partial charge in [0.2, 0.25) is 0 Å². The molecular formula is C26H21Cl2N3O4. The van der Waals surface area contributed by atoms with E-state index in [4.69, 9.17) is 27.9 Å². The number of rotatable bonds is 7. The van der Waals surface area contributed by atoms with Gasteiger partial charge in [-0.1, -0.05) is 59.6 Å². The zero-order chi connectivity index (χ0) is 25.1. The van der Waals surface area contributed by atoms with Gasteiger partial charge in [0.1, 0.15) is 16.5 Å². The second-order valence-electron chi connectivity index (χ2n) is 7.83. The van der Waals surface area contributed by atoms with Crippen LogP contribution < -0.4 is 15.4 Å². The molecule has 4 rings (SSSR count). The van der Waals surface area contributed by atoms with Crippen LogP contribution >= 0.6 is 23.2 Å². The Morgan fingerprint density at radius 2 is 1.71 bits per heavy atom. The van der Waals surface area contributed by atoms with Gasteiger partial charge in [0, 0.05) is 16.9 Å². The number of benzene rings is 3. The smallest absolute Gasteiger partial charge is 0.279 e. The van der Waals surface area contributed by atoms with Gasteiger partial charge in [-0.05, 0) is 48.4 Å². The molecule has 0 aromatic heterocycles. The molecule has 0 spiro atoms. The Bertz CT molecular complexity index is 1360. The van der Waals surface area contributed by atoms with Crippen LogP contribution in [0.5, 0.6) is 5.75 Å². The van der Waals surface area contributed by atoms with E-state index in [-0.39, 0.29) is 23.2 Å². The number of methoxy groups -OCH3 is 1. The molecular weight excluding hydrogens is 489 g/mol. The molecule has 0 bridgehead atoms. The third kappa shape index (κ3) is 5.16. The van der Waals surface area contributed by atoms with Crippen LogP contribution in [0.25, 0.3) is 0 Å². The Morgan fingerprint density at radius 1 is 0.971 bits per heavy atom. The van der Waals surface area contributed by atoms with Gasteiger partial charge in [0.05, 0.1) is 18.7 Å². The average Bonchev–Trinajstić information content (AvgIpc) is 3.04. The lowest BCUT2D eigenvalue weighted by atomic mass is 10.1. The molecule has 0 radical (unpaired) electrons.